The maximum atomic E-state index is 11.6. The van der Waals surface area contributed by atoms with Crippen LogP contribution in [0.4, 0.5) is 5.82 Å². The average molecular weight is 469 g/mol. The minimum Gasteiger partial charge on any atom is -0.358 e. The number of nitrogens with zero attached hydrogens (tertiary/aromatic N) is 4. The third-order valence-electron chi connectivity index (χ3n) is 6.85. The number of amides is 1. The summed E-state index contributed by atoms with van der Waals surface area (Å²) < 4.78 is 0. The number of pyridine rings is 2. The molecular weight excluding hydrogens is 436 g/mol. The molecule has 1 saturated heterocycles. The highest BCUT2D eigenvalue weighted by molar-refractivity contribution is 5.93. The Morgan fingerprint density at radius 1 is 0.943 bits per heavy atom. The number of aromatic amines is 1. The molecular formula is C28H32N6O. The number of hydrogen-bond acceptors (Lipinski definition) is 5. The molecule has 0 radical (unpaired) electrons. The van der Waals surface area contributed by atoms with E-state index in [1.807, 2.05) is 20.0 Å². The molecule has 0 spiro atoms. The van der Waals surface area contributed by atoms with Crippen LogP contribution in [0.15, 0.2) is 48.7 Å². The minimum absolute atomic E-state index is 0.0632. The first kappa shape index (κ1) is 23.1. The van der Waals surface area contributed by atoms with Crippen LogP contribution in [0, 0.1) is 20.8 Å². The molecule has 0 unspecified atom stereocenters. The highest BCUT2D eigenvalue weighted by Crippen LogP contribution is 2.33. The Balaban J connectivity index is 1.34. The van der Waals surface area contributed by atoms with Crippen molar-refractivity contribution in [3.05, 3.63) is 65.6 Å². The van der Waals surface area contributed by atoms with E-state index in [9.17, 15) is 4.79 Å². The van der Waals surface area contributed by atoms with Crippen molar-refractivity contribution >= 4 is 22.6 Å². The number of benzene rings is 1. The molecule has 1 aliphatic heterocycles. The summed E-state index contributed by atoms with van der Waals surface area (Å²) in [5.74, 6) is 1.05. The summed E-state index contributed by atoms with van der Waals surface area (Å²) >= 11 is 0. The van der Waals surface area contributed by atoms with Gasteiger partial charge in [0.1, 0.15) is 5.82 Å². The minimum atomic E-state index is 0.0632. The average Bonchev–Trinajstić information content (AvgIpc) is 3.20. The Kier molecular flexibility index (Phi) is 6.26. The van der Waals surface area contributed by atoms with Crippen molar-refractivity contribution < 1.29 is 4.79 Å². The van der Waals surface area contributed by atoms with Crippen LogP contribution in [0.2, 0.25) is 0 Å². The highest BCUT2D eigenvalue weighted by Gasteiger charge is 2.19. The fourth-order valence-corrected chi connectivity index (χ4v) is 4.95. The van der Waals surface area contributed by atoms with Crippen LogP contribution in [-0.2, 0) is 4.79 Å². The lowest BCUT2D eigenvalue weighted by molar-refractivity contribution is -0.121. The number of fused-ring (bicyclic) bond motifs is 1. The molecule has 4 heterocycles. The van der Waals surface area contributed by atoms with Gasteiger partial charge in [0.25, 0.3) is 0 Å². The van der Waals surface area contributed by atoms with E-state index >= 15 is 0 Å². The molecule has 180 valence electrons. The summed E-state index contributed by atoms with van der Waals surface area (Å²) in [6, 6.07) is 15.1. The third-order valence-corrected chi connectivity index (χ3v) is 6.85. The van der Waals surface area contributed by atoms with Gasteiger partial charge >= 0.3 is 0 Å². The summed E-state index contributed by atoms with van der Waals surface area (Å²) in [5.41, 5.74) is 8.98. The fraction of sp³-hybridized carbons (Fsp3) is 0.321. The monoisotopic (exact) mass is 468 g/mol. The summed E-state index contributed by atoms with van der Waals surface area (Å²) in [5, 5.41) is 3.93. The Hall–Kier alpha value is -3.71. The number of rotatable bonds is 5. The normalized spacial score (nSPS) is 14.5. The predicted octanol–water partition coefficient (Wildman–Crippen LogP) is 4.09. The van der Waals surface area contributed by atoms with Gasteiger partial charge in [0.15, 0.2) is 0 Å². The molecule has 7 heteroatoms. The van der Waals surface area contributed by atoms with Crippen LogP contribution in [0.25, 0.3) is 33.3 Å². The molecule has 0 atom stereocenters. The number of H-pyrrole nitrogens is 1. The Labute approximate surface area is 206 Å². The summed E-state index contributed by atoms with van der Waals surface area (Å²) in [6.07, 6.45) is 1.96. The maximum Gasteiger partial charge on any atom is 0.233 e. The van der Waals surface area contributed by atoms with E-state index < -0.39 is 0 Å². The number of nitrogens with one attached hydrogen (secondary N) is 2. The van der Waals surface area contributed by atoms with Crippen molar-refractivity contribution in [1.29, 1.82) is 0 Å². The number of anilines is 1. The van der Waals surface area contributed by atoms with Gasteiger partial charge in [-0.15, -0.1) is 0 Å². The van der Waals surface area contributed by atoms with Gasteiger partial charge in [0.2, 0.25) is 5.91 Å². The molecule has 1 fully saturated rings. The van der Waals surface area contributed by atoms with Gasteiger partial charge in [-0.1, -0.05) is 12.1 Å². The maximum absolute atomic E-state index is 11.6. The van der Waals surface area contributed by atoms with Crippen molar-refractivity contribution in [3.63, 3.8) is 0 Å². The van der Waals surface area contributed by atoms with Gasteiger partial charge in [-0.25, -0.2) is 4.98 Å². The lowest BCUT2D eigenvalue weighted by Gasteiger charge is -2.34. The Morgan fingerprint density at radius 2 is 1.66 bits per heavy atom. The van der Waals surface area contributed by atoms with E-state index in [1.54, 1.807) is 7.05 Å². The molecule has 0 bridgehead atoms. The molecule has 2 N–H and O–H groups in total. The smallest absolute Gasteiger partial charge is 0.233 e. The standard InChI is InChI=1S/C28H32N6O/c1-18-13-23(14-19(2)31-18)28-20(3)24-7-5-21(15-25(24)32-28)22-6-8-26(30-16-22)34-11-9-33(10-12-34)17-27(35)29-4/h5-8,13-16,32H,9-12,17H2,1-4H3,(H,29,35). The second-order valence-corrected chi connectivity index (χ2v) is 9.37. The zero-order valence-corrected chi connectivity index (χ0v) is 20.9. The van der Waals surface area contributed by atoms with E-state index in [4.69, 9.17) is 4.98 Å². The molecule has 35 heavy (non-hydrogen) atoms. The van der Waals surface area contributed by atoms with Crippen molar-refractivity contribution in [2.45, 2.75) is 20.8 Å². The summed E-state index contributed by atoms with van der Waals surface area (Å²) in [7, 11) is 1.68. The van der Waals surface area contributed by atoms with Crippen LogP contribution < -0.4 is 10.2 Å². The van der Waals surface area contributed by atoms with E-state index in [0.717, 1.165) is 65.7 Å². The van der Waals surface area contributed by atoms with E-state index in [0.29, 0.717) is 6.54 Å². The second-order valence-electron chi connectivity index (χ2n) is 9.37. The number of likely N-dealkylation sites (N-methyl/N-ethyl adjacent to an activating group) is 1. The first-order chi connectivity index (χ1) is 16.9. The first-order valence-electron chi connectivity index (χ1n) is 12.1. The molecule has 0 saturated carbocycles. The molecule has 1 aliphatic rings. The molecule has 4 aromatic rings. The van der Waals surface area contributed by atoms with Crippen molar-refractivity contribution in [1.82, 2.24) is 25.2 Å². The molecule has 7 nitrogen and oxygen atoms in total. The fourth-order valence-electron chi connectivity index (χ4n) is 4.95. The predicted molar refractivity (Wildman–Crippen MR) is 142 cm³/mol. The van der Waals surface area contributed by atoms with Crippen molar-refractivity contribution in [3.8, 4) is 22.4 Å². The number of hydrogen-bond donors (Lipinski definition) is 2. The second kappa shape index (κ2) is 9.50. The van der Waals surface area contributed by atoms with Gasteiger partial charge in [-0.3, -0.25) is 14.7 Å². The lowest BCUT2D eigenvalue weighted by Crippen LogP contribution is -2.49. The highest BCUT2D eigenvalue weighted by atomic mass is 16.1. The third kappa shape index (κ3) is 4.77. The number of carbonyl (C=O) groups is 1. The number of carbonyl (C=O) groups excluding carboxylic acids is 1. The summed E-state index contributed by atoms with van der Waals surface area (Å²) in [6.45, 7) is 10.2. The number of piperazine rings is 1. The van der Waals surface area contributed by atoms with Crippen LogP contribution in [0.5, 0.6) is 0 Å². The Bertz CT molecular complexity index is 1350. The van der Waals surface area contributed by atoms with E-state index in [1.165, 1.54) is 16.5 Å². The molecule has 0 aliphatic carbocycles. The van der Waals surface area contributed by atoms with Crippen molar-refractivity contribution in [2.24, 2.45) is 0 Å². The largest absolute Gasteiger partial charge is 0.358 e. The van der Waals surface area contributed by atoms with Crippen LogP contribution in [-0.4, -0.2) is 65.5 Å². The number of aryl methyl sites for hydroxylation is 3. The number of aromatic nitrogens is 3. The topological polar surface area (TPSA) is 77.2 Å². The van der Waals surface area contributed by atoms with Gasteiger partial charge in [-0.05, 0) is 62.2 Å². The van der Waals surface area contributed by atoms with Crippen LogP contribution in [0.3, 0.4) is 0 Å². The van der Waals surface area contributed by atoms with Crippen LogP contribution in [0.1, 0.15) is 17.0 Å². The summed E-state index contributed by atoms with van der Waals surface area (Å²) in [4.78, 5) is 29.0. The van der Waals surface area contributed by atoms with E-state index in [2.05, 4.69) is 74.5 Å². The lowest BCUT2D eigenvalue weighted by atomic mass is 10.0. The first-order valence-corrected chi connectivity index (χ1v) is 12.1. The molecule has 1 amide bonds. The molecule has 3 aromatic heterocycles. The zero-order valence-electron chi connectivity index (χ0n) is 20.9. The molecule has 5 rings (SSSR count). The van der Waals surface area contributed by atoms with Gasteiger partial charge in [-0.2, -0.15) is 0 Å². The van der Waals surface area contributed by atoms with Gasteiger partial charge < -0.3 is 15.2 Å². The SMILES string of the molecule is CNC(=O)CN1CCN(c2ccc(-c3ccc4c(C)c(-c5cc(C)nc(C)c5)[nH]c4c3)cn2)CC1. The van der Waals surface area contributed by atoms with E-state index in [-0.39, 0.29) is 5.91 Å². The zero-order chi connectivity index (χ0) is 24.5. The quantitative estimate of drug-likeness (QED) is 0.461. The van der Waals surface area contributed by atoms with Crippen molar-refractivity contribution in [2.75, 3.05) is 44.7 Å². The molecule has 1 aromatic carbocycles. The Morgan fingerprint density at radius 3 is 2.31 bits per heavy atom. The van der Waals surface area contributed by atoms with Gasteiger partial charge in [0, 0.05) is 78.5 Å². The van der Waals surface area contributed by atoms with Crippen LogP contribution >= 0.6 is 0 Å². The van der Waals surface area contributed by atoms with Gasteiger partial charge in [0.05, 0.1) is 6.54 Å².